The Kier molecular flexibility index (Phi) is 4.19. The number of fused-ring (bicyclic) bond motifs is 1. The van der Waals surface area contributed by atoms with Gasteiger partial charge < -0.3 is 9.72 Å². The first-order valence-corrected chi connectivity index (χ1v) is 8.61. The van der Waals surface area contributed by atoms with Crippen molar-refractivity contribution in [2.45, 2.75) is 25.5 Å². The maximum absolute atomic E-state index is 6.74. The quantitative estimate of drug-likeness (QED) is 0.749. The molecule has 6 heteroatoms. The second-order valence-corrected chi connectivity index (χ2v) is 6.47. The number of aromatic nitrogens is 4. The second kappa shape index (κ2) is 6.50. The number of rotatable bonds is 4. The molecule has 0 saturated heterocycles. The molecule has 1 aliphatic carbocycles. The van der Waals surface area contributed by atoms with Crippen molar-refractivity contribution in [3.8, 4) is 0 Å². The zero-order valence-electron chi connectivity index (χ0n) is 14.1. The van der Waals surface area contributed by atoms with E-state index in [-0.39, 0.29) is 12.1 Å². The lowest BCUT2D eigenvalue weighted by atomic mass is 10.0. The molecule has 25 heavy (non-hydrogen) atoms. The molecule has 0 spiro atoms. The summed E-state index contributed by atoms with van der Waals surface area (Å²) in [5.41, 5.74) is 3.62. The molecule has 1 N–H and O–H groups in total. The van der Waals surface area contributed by atoms with E-state index < -0.39 is 0 Å². The molecule has 3 aromatic heterocycles. The van der Waals surface area contributed by atoms with Crippen LogP contribution in [0.15, 0.2) is 48.8 Å². The summed E-state index contributed by atoms with van der Waals surface area (Å²) in [6.07, 6.45) is 12.6. The van der Waals surface area contributed by atoms with Crippen LogP contribution in [0.2, 0.25) is 5.15 Å². The number of methoxy groups -OCH3 is 1. The number of hydrogen-bond donors (Lipinski definition) is 1. The Hall–Kier alpha value is -2.37. The second-order valence-electron chi connectivity index (χ2n) is 6.11. The fourth-order valence-corrected chi connectivity index (χ4v) is 3.79. The summed E-state index contributed by atoms with van der Waals surface area (Å²) in [7, 11) is 1.69. The van der Waals surface area contributed by atoms with E-state index in [0.29, 0.717) is 5.15 Å². The number of hydrogen-bond acceptors (Lipinski definition) is 3. The Bertz CT molecular complexity index is 969. The van der Waals surface area contributed by atoms with Gasteiger partial charge in [0.2, 0.25) is 0 Å². The third-order valence-corrected chi connectivity index (χ3v) is 4.98. The molecule has 128 valence electrons. The van der Waals surface area contributed by atoms with Gasteiger partial charge in [-0.25, -0.2) is 9.67 Å². The Labute approximate surface area is 151 Å². The summed E-state index contributed by atoms with van der Waals surface area (Å²) >= 11 is 6.74. The Balaban J connectivity index is 1.81. The lowest BCUT2D eigenvalue weighted by Crippen LogP contribution is -2.10. The third-order valence-electron chi connectivity index (χ3n) is 4.61. The molecular formula is C19H19ClN4O. The molecule has 0 saturated carbocycles. The number of pyridine rings is 1. The summed E-state index contributed by atoms with van der Waals surface area (Å²) in [5, 5.41) is 6.33. The van der Waals surface area contributed by atoms with Crippen molar-refractivity contribution in [1.29, 1.82) is 0 Å². The maximum Gasteiger partial charge on any atom is 0.137 e. The summed E-state index contributed by atoms with van der Waals surface area (Å²) in [6.45, 7) is 1.97. The fourth-order valence-electron chi connectivity index (χ4n) is 3.39. The molecule has 0 bridgehead atoms. The zero-order valence-corrected chi connectivity index (χ0v) is 14.9. The first kappa shape index (κ1) is 16.1. The Morgan fingerprint density at radius 1 is 1.40 bits per heavy atom. The van der Waals surface area contributed by atoms with Crippen LogP contribution in [-0.4, -0.2) is 26.9 Å². The number of nitrogens with one attached hydrogen (secondary N) is 1. The van der Waals surface area contributed by atoms with E-state index in [2.05, 4.69) is 27.2 Å². The number of allylic oxidation sites excluding steroid dienone is 4. The summed E-state index contributed by atoms with van der Waals surface area (Å²) < 4.78 is 7.71. The first-order chi connectivity index (χ1) is 12.2. The normalized spacial score (nSPS) is 18.1. The van der Waals surface area contributed by atoms with Gasteiger partial charge in [-0.1, -0.05) is 35.9 Å². The monoisotopic (exact) mass is 354 g/mol. The van der Waals surface area contributed by atoms with Crippen molar-refractivity contribution in [3.63, 3.8) is 0 Å². The number of ether oxygens (including phenoxy) is 1. The van der Waals surface area contributed by atoms with Crippen molar-refractivity contribution in [3.05, 3.63) is 70.8 Å². The van der Waals surface area contributed by atoms with Crippen molar-refractivity contribution in [1.82, 2.24) is 19.7 Å². The average molecular weight is 355 g/mol. The van der Waals surface area contributed by atoms with E-state index >= 15 is 0 Å². The highest BCUT2D eigenvalue weighted by atomic mass is 35.5. The number of nitrogens with zero attached hydrogens (tertiary/aromatic N) is 3. The van der Waals surface area contributed by atoms with Crippen molar-refractivity contribution in [2.75, 3.05) is 7.11 Å². The molecule has 0 aromatic carbocycles. The van der Waals surface area contributed by atoms with Gasteiger partial charge >= 0.3 is 0 Å². The molecule has 0 fully saturated rings. The highest BCUT2D eigenvalue weighted by Gasteiger charge is 2.27. The minimum atomic E-state index is -0.303. The minimum Gasteiger partial charge on any atom is -0.372 e. The smallest absolute Gasteiger partial charge is 0.137 e. The molecule has 2 unspecified atom stereocenters. The minimum absolute atomic E-state index is 0.132. The predicted molar refractivity (Wildman–Crippen MR) is 98.9 cm³/mol. The van der Waals surface area contributed by atoms with Crippen LogP contribution in [-0.2, 0) is 4.74 Å². The largest absolute Gasteiger partial charge is 0.372 e. The predicted octanol–water partition coefficient (Wildman–Crippen LogP) is 4.51. The van der Waals surface area contributed by atoms with Crippen LogP contribution in [0.25, 0.3) is 11.0 Å². The van der Waals surface area contributed by atoms with Gasteiger partial charge in [0.05, 0.1) is 11.7 Å². The van der Waals surface area contributed by atoms with Crippen molar-refractivity contribution >= 4 is 22.6 Å². The van der Waals surface area contributed by atoms with Gasteiger partial charge in [-0.05, 0) is 25.5 Å². The van der Waals surface area contributed by atoms with Crippen LogP contribution in [0.4, 0.5) is 0 Å². The van der Waals surface area contributed by atoms with Gasteiger partial charge in [0, 0.05) is 36.0 Å². The van der Waals surface area contributed by atoms with E-state index in [1.165, 1.54) is 0 Å². The van der Waals surface area contributed by atoms with Gasteiger partial charge in [-0.3, -0.25) is 0 Å². The highest BCUT2D eigenvalue weighted by Crippen LogP contribution is 2.38. The topological polar surface area (TPSA) is 55.7 Å². The van der Waals surface area contributed by atoms with Gasteiger partial charge in [0.1, 0.15) is 16.9 Å². The molecular weight excluding hydrogens is 336 g/mol. The molecule has 3 aromatic rings. The van der Waals surface area contributed by atoms with Crippen LogP contribution in [0.3, 0.4) is 0 Å². The van der Waals surface area contributed by atoms with E-state index in [4.69, 9.17) is 16.3 Å². The molecule has 0 radical (unpaired) electrons. The van der Waals surface area contributed by atoms with Crippen LogP contribution in [0.5, 0.6) is 0 Å². The molecule has 1 aliphatic rings. The van der Waals surface area contributed by atoms with Crippen LogP contribution in [0, 0.1) is 6.92 Å². The highest BCUT2D eigenvalue weighted by molar-refractivity contribution is 6.30. The molecule has 0 aliphatic heterocycles. The number of halogens is 1. The number of aryl methyl sites for hydroxylation is 1. The average Bonchev–Trinajstić information content (AvgIpc) is 3.20. The van der Waals surface area contributed by atoms with Gasteiger partial charge in [-0.2, -0.15) is 5.10 Å². The van der Waals surface area contributed by atoms with E-state index in [0.717, 1.165) is 34.3 Å². The Morgan fingerprint density at radius 2 is 2.28 bits per heavy atom. The van der Waals surface area contributed by atoms with Crippen LogP contribution in [0.1, 0.15) is 35.4 Å². The van der Waals surface area contributed by atoms with Crippen molar-refractivity contribution in [2.24, 2.45) is 0 Å². The summed E-state index contributed by atoms with van der Waals surface area (Å²) in [4.78, 5) is 7.55. The van der Waals surface area contributed by atoms with E-state index in [1.807, 2.05) is 42.1 Å². The van der Waals surface area contributed by atoms with Crippen molar-refractivity contribution < 1.29 is 4.74 Å². The van der Waals surface area contributed by atoms with Crippen LogP contribution >= 0.6 is 11.6 Å². The third kappa shape index (κ3) is 2.69. The number of H-pyrrole nitrogens is 1. The standard InChI is InChI=1S/C19H19ClN4O/c1-12-16(18(20)24(23-12)13-7-4-3-5-8-13)17(25-2)15-11-22-19-14(15)9-6-10-21-19/h3-7,9-11,13,17H,8H2,1-2H3,(H,21,22). The molecule has 3 heterocycles. The fraction of sp³-hybridized carbons (Fsp3) is 0.263. The van der Waals surface area contributed by atoms with E-state index in [1.54, 1.807) is 13.3 Å². The van der Waals surface area contributed by atoms with Gasteiger partial charge in [0.15, 0.2) is 0 Å². The molecule has 0 amide bonds. The maximum atomic E-state index is 6.74. The summed E-state index contributed by atoms with van der Waals surface area (Å²) in [5.74, 6) is 0. The first-order valence-electron chi connectivity index (χ1n) is 8.23. The molecule has 5 nitrogen and oxygen atoms in total. The lowest BCUT2D eigenvalue weighted by Gasteiger charge is -2.17. The zero-order chi connectivity index (χ0) is 17.4. The van der Waals surface area contributed by atoms with Crippen LogP contribution < -0.4 is 0 Å². The van der Waals surface area contributed by atoms with Gasteiger partial charge in [0.25, 0.3) is 0 Å². The lowest BCUT2D eigenvalue weighted by molar-refractivity contribution is 0.137. The number of aromatic amines is 1. The molecule has 4 rings (SSSR count). The summed E-state index contributed by atoms with van der Waals surface area (Å²) in [6, 6.07) is 4.08. The molecule has 2 atom stereocenters. The Morgan fingerprint density at radius 3 is 3.04 bits per heavy atom. The van der Waals surface area contributed by atoms with Gasteiger partial charge in [-0.15, -0.1) is 0 Å². The van der Waals surface area contributed by atoms with E-state index in [9.17, 15) is 0 Å². The SMILES string of the molecule is COC(c1c(C)nn(C2C=CC=CC2)c1Cl)c1c[nH]c2ncccc12.